The second-order valence-electron chi connectivity index (χ2n) is 3.81. The Bertz CT molecular complexity index is 625. The van der Waals surface area contributed by atoms with Crippen molar-refractivity contribution < 1.29 is 4.42 Å². The molecule has 0 saturated carbocycles. The molecule has 2 nitrogen and oxygen atoms in total. The highest BCUT2D eigenvalue weighted by Crippen LogP contribution is 2.27. The number of aryl methyl sites for hydroxylation is 1. The molecule has 1 aromatic carbocycles. The van der Waals surface area contributed by atoms with Crippen LogP contribution < -0.4 is 0 Å². The molecule has 17 heavy (non-hydrogen) atoms. The van der Waals surface area contributed by atoms with E-state index >= 15 is 0 Å². The minimum atomic E-state index is 0.888. The Hall–Kier alpha value is -1.87. The summed E-state index contributed by atoms with van der Waals surface area (Å²) < 4.78 is 5.40. The van der Waals surface area contributed by atoms with Gasteiger partial charge in [-0.05, 0) is 25.1 Å². The molecule has 0 fully saturated rings. The van der Waals surface area contributed by atoms with E-state index in [0.29, 0.717) is 0 Å². The zero-order chi connectivity index (χ0) is 11.7. The summed E-state index contributed by atoms with van der Waals surface area (Å²) in [5.41, 5.74) is 3.24. The van der Waals surface area contributed by atoms with Crippen LogP contribution in [0.3, 0.4) is 0 Å². The number of rotatable bonds is 2. The quantitative estimate of drug-likeness (QED) is 0.665. The lowest BCUT2D eigenvalue weighted by Crippen LogP contribution is -1.80. The van der Waals surface area contributed by atoms with Crippen LogP contribution in [-0.4, -0.2) is 4.98 Å². The lowest BCUT2D eigenvalue weighted by molar-refractivity contribution is 0.582. The summed E-state index contributed by atoms with van der Waals surface area (Å²) in [4.78, 5) is 4.49. The minimum Gasteiger partial charge on any atom is -0.464 e. The topological polar surface area (TPSA) is 26.0 Å². The maximum absolute atomic E-state index is 5.40. The summed E-state index contributed by atoms with van der Waals surface area (Å²) in [6, 6.07) is 12.1. The number of thiazole rings is 1. The van der Waals surface area contributed by atoms with E-state index in [-0.39, 0.29) is 0 Å². The Morgan fingerprint density at radius 3 is 2.71 bits per heavy atom. The number of hydrogen-bond donors (Lipinski definition) is 0. The summed E-state index contributed by atoms with van der Waals surface area (Å²) in [5.74, 6) is 0.888. The highest BCUT2D eigenvalue weighted by molar-refractivity contribution is 7.09. The average Bonchev–Trinajstić information content (AvgIpc) is 3.00. The highest BCUT2D eigenvalue weighted by atomic mass is 32.1. The lowest BCUT2D eigenvalue weighted by Gasteiger charge is -2.00. The maximum atomic E-state index is 5.40. The Morgan fingerprint density at radius 2 is 2.00 bits per heavy atom. The molecule has 0 bridgehead atoms. The molecule has 0 aliphatic heterocycles. The van der Waals surface area contributed by atoms with Crippen molar-refractivity contribution >= 4 is 11.3 Å². The van der Waals surface area contributed by atoms with Gasteiger partial charge in [0.05, 0.1) is 17.0 Å². The van der Waals surface area contributed by atoms with Crippen LogP contribution in [0.2, 0.25) is 0 Å². The second-order valence-corrected chi connectivity index (χ2v) is 4.87. The van der Waals surface area contributed by atoms with Gasteiger partial charge in [-0.15, -0.1) is 11.3 Å². The zero-order valence-corrected chi connectivity index (χ0v) is 10.2. The van der Waals surface area contributed by atoms with Crippen molar-refractivity contribution in [3.8, 4) is 22.6 Å². The molecule has 0 saturated heterocycles. The molecule has 0 aliphatic rings. The van der Waals surface area contributed by atoms with Crippen LogP contribution >= 0.6 is 11.3 Å². The standard InChI is InChI=1S/C14H11NOS/c1-10-15-13(9-17-10)11-4-2-5-12(8-11)14-6-3-7-16-14/h2-9H,1H3. The third kappa shape index (κ3) is 2.01. The SMILES string of the molecule is Cc1nc(-c2cccc(-c3ccco3)c2)cs1. The largest absolute Gasteiger partial charge is 0.464 e. The van der Waals surface area contributed by atoms with E-state index in [0.717, 1.165) is 27.6 Å². The first-order valence-electron chi connectivity index (χ1n) is 5.39. The predicted octanol–water partition coefficient (Wildman–Crippen LogP) is 4.38. The summed E-state index contributed by atoms with van der Waals surface area (Å²) in [6.45, 7) is 2.02. The van der Waals surface area contributed by atoms with E-state index in [1.54, 1.807) is 17.6 Å². The van der Waals surface area contributed by atoms with Crippen LogP contribution in [0.15, 0.2) is 52.5 Å². The van der Waals surface area contributed by atoms with Crippen molar-refractivity contribution in [1.29, 1.82) is 0 Å². The maximum Gasteiger partial charge on any atom is 0.133 e. The van der Waals surface area contributed by atoms with Crippen LogP contribution in [0.5, 0.6) is 0 Å². The zero-order valence-electron chi connectivity index (χ0n) is 9.38. The van der Waals surface area contributed by atoms with Crippen molar-refractivity contribution in [2.75, 3.05) is 0 Å². The van der Waals surface area contributed by atoms with E-state index in [1.807, 2.05) is 31.2 Å². The molecule has 3 heteroatoms. The lowest BCUT2D eigenvalue weighted by atomic mass is 10.1. The van der Waals surface area contributed by atoms with E-state index in [4.69, 9.17) is 4.42 Å². The fourth-order valence-corrected chi connectivity index (χ4v) is 2.39. The average molecular weight is 241 g/mol. The van der Waals surface area contributed by atoms with Crippen LogP contribution in [0.1, 0.15) is 5.01 Å². The fraction of sp³-hybridized carbons (Fsp3) is 0.0714. The molecule has 2 aromatic heterocycles. The van der Waals surface area contributed by atoms with Crippen molar-refractivity contribution in [2.24, 2.45) is 0 Å². The van der Waals surface area contributed by atoms with Gasteiger partial charge in [0.1, 0.15) is 5.76 Å². The molecule has 0 radical (unpaired) electrons. The van der Waals surface area contributed by atoms with E-state index in [2.05, 4.69) is 22.5 Å². The second kappa shape index (κ2) is 4.18. The molecule has 2 heterocycles. The smallest absolute Gasteiger partial charge is 0.133 e. The van der Waals surface area contributed by atoms with Gasteiger partial charge in [0.15, 0.2) is 0 Å². The number of nitrogens with zero attached hydrogens (tertiary/aromatic N) is 1. The van der Waals surface area contributed by atoms with Crippen molar-refractivity contribution in [3.05, 3.63) is 53.0 Å². The highest BCUT2D eigenvalue weighted by Gasteiger charge is 2.05. The Morgan fingerprint density at radius 1 is 1.12 bits per heavy atom. The minimum absolute atomic E-state index is 0.888. The number of hydrogen-bond acceptors (Lipinski definition) is 3. The van der Waals surface area contributed by atoms with Crippen molar-refractivity contribution in [2.45, 2.75) is 6.92 Å². The molecule has 0 amide bonds. The molecule has 0 unspecified atom stereocenters. The molecular formula is C14H11NOS. The summed E-state index contributed by atoms with van der Waals surface area (Å²) in [6.07, 6.45) is 1.69. The number of aromatic nitrogens is 1. The third-order valence-electron chi connectivity index (χ3n) is 2.58. The third-order valence-corrected chi connectivity index (χ3v) is 3.36. The summed E-state index contributed by atoms with van der Waals surface area (Å²) in [7, 11) is 0. The summed E-state index contributed by atoms with van der Waals surface area (Å²) in [5, 5.41) is 3.17. The Kier molecular flexibility index (Phi) is 2.53. The van der Waals surface area contributed by atoms with Crippen LogP contribution in [0.25, 0.3) is 22.6 Å². The van der Waals surface area contributed by atoms with Gasteiger partial charge in [-0.25, -0.2) is 4.98 Å². The monoisotopic (exact) mass is 241 g/mol. The molecule has 84 valence electrons. The van der Waals surface area contributed by atoms with Crippen LogP contribution in [0, 0.1) is 6.92 Å². The first-order chi connectivity index (χ1) is 8.33. The van der Waals surface area contributed by atoms with Crippen LogP contribution in [0.4, 0.5) is 0 Å². The molecular weight excluding hydrogens is 230 g/mol. The van der Waals surface area contributed by atoms with E-state index in [9.17, 15) is 0 Å². The predicted molar refractivity (Wildman–Crippen MR) is 70.0 cm³/mol. The molecule has 0 spiro atoms. The van der Waals surface area contributed by atoms with Gasteiger partial charge in [-0.3, -0.25) is 0 Å². The molecule has 0 N–H and O–H groups in total. The first-order valence-corrected chi connectivity index (χ1v) is 6.27. The normalized spacial score (nSPS) is 10.6. The van der Waals surface area contributed by atoms with Gasteiger partial charge in [0.2, 0.25) is 0 Å². The number of furan rings is 1. The Labute approximate surface area is 104 Å². The van der Waals surface area contributed by atoms with Gasteiger partial charge in [0.25, 0.3) is 0 Å². The van der Waals surface area contributed by atoms with Gasteiger partial charge in [0, 0.05) is 16.5 Å². The van der Waals surface area contributed by atoms with Gasteiger partial charge in [-0.2, -0.15) is 0 Å². The molecule has 3 rings (SSSR count). The number of benzene rings is 1. The van der Waals surface area contributed by atoms with Gasteiger partial charge < -0.3 is 4.42 Å². The van der Waals surface area contributed by atoms with Crippen molar-refractivity contribution in [1.82, 2.24) is 4.98 Å². The Balaban J connectivity index is 2.05. The van der Waals surface area contributed by atoms with Crippen molar-refractivity contribution in [3.63, 3.8) is 0 Å². The van der Waals surface area contributed by atoms with Crippen LogP contribution in [-0.2, 0) is 0 Å². The molecule has 0 aliphatic carbocycles. The van der Waals surface area contributed by atoms with E-state index < -0.39 is 0 Å². The molecule has 3 aromatic rings. The summed E-state index contributed by atoms with van der Waals surface area (Å²) >= 11 is 1.67. The van der Waals surface area contributed by atoms with Gasteiger partial charge >= 0.3 is 0 Å². The van der Waals surface area contributed by atoms with E-state index in [1.165, 1.54) is 0 Å². The van der Waals surface area contributed by atoms with Gasteiger partial charge in [-0.1, -0.05) is 18.2 Å². The fourth-order valence-electron chi connectivity index (χ4n) is 1.77. The first kappa shape index (κ1) is 10.3. The molecule has 0 atom stereocenters.